The number of piperidine rings is 1. The molecule has 1 fully saturated rings. The average molecular weight is 613 g/mol. The predicted molar refractivity (Wildman–Crippen MR) is 153 cm³/mol. The highest BCUT2D eigenvalue weighted by molar-refractivity contribution is 7.08. The highest BCUT2D eigenvalue weighted by atomic mass is 35.5. The maximum Gasteiger partial charge on any atom is 0.490 e. The van der Waals surface area contributed by atoms with Crippen LogP contribution in [-0.2, 0) is 4.79 Å². The van der Waals surface area contributed by atoms with Crippen LogP contribution in [0.15, 0.2) is 53.2 Å². The van der Waals surface area contributed by atoms with E-state index in [1.165, 1.54) is 11.3 Å². The number of nitrogens with zero attached hydrogens (tertiary/aromatic N) is 1. The molecule has 4 N–H and O–H groups in total. The fraction of sp³-hybridized carbons (Fsp3) is 0.296. The Labute approximate surface area is 243 Å². The minimum atomic E-state index is -5.08. The molecule has 220 valence electrons. The summed E-state index contributed by atoms with van der Waals surface area (Å²) in [5.41, 5.74) is 2.83. The molecular weight excluding hydrogens is 585 g/mol. The zero-order valence-corrected chi connectivity index (χ0v) is 23.6. The van der Waals surface area contributed by atoms with Gasteiger partial charge in [-0.15, -0.1) is 11.3 Å². The molecule has 0 aliphatic carbocycles. The Balaban J connectivity index is 0.000000587. The molecule has 0 spiro atoms. The van der Waals surface area contributed by atoms with Crippen LogP contribution < -0.4 is 25.6 Å². The van der Waals surface area contributed by atoms with Gasteiger partial charge in [0.05, 0.1) is 16.8 Å². The Morgan fingerprint density at radius 2 is 1.61 bits per heavy atom. The van der Waals surface area contributed by atoms with Crippen LogP contribution in [0.4, 0.5) is 30.2 Å². The normalized spacial score (nSPS) is 13.4. The summed E-state index contributed by atoms with van der Waals surface area (Å²) in [4.78, 5) is 37.0. The molecule has 4 rings (SSSR count). The molecule has 0 saturated carbocycles. The largest absolute Gasteiger partial charge is 0.490 e. The van der Waals surface area contributed by atoms with E-state index >= 15 is 0 Å². The first-order valence-electron chi connectivity index (χ1n) is 12.3. The number of aliphatic carboxylic acids is 1. The van der Waals surface area contributed by atoms with Gasteiger partial charge in [0.25, 0.3) is 11.8 Å². The second-order valence-corrected chi connectivity index (χ2v) is 10.2. The van der Waals surface area contributed by atoms with Crippen LogP contribution in [0.25, 0.3) is 0 Å². The zero-order chi connectivity index (χ0) is 30.2. The lowest BCUT2D eigenvalue weighted by molar-refractivity contribution is -0.192. The van der Waals surface area contributed by atoms with Crippen LogP contribution >= 0.6 is 22.9 Å². The number of rotatable bonds is 7. The van der Waals surface area contributed by atoms with E-state index in [1.54, 1.807) is 41.1 Å². The van der Waals surface area contributed by atoms with E-state index in [0.717, 1.165) is 31.6 Å². The Morgan fingerprint density at radius 3 is 2.20 bits per heavy atom. The molecule has 9 nitrogen and oxygen atoms in total. The van der Waals surface area contributed by atoms with Crippen LogP contribution in [0.5, 0.6) is 5.75 Å². The van der Waals surface area contributed by atoms with E-state index in [1.807, 2.05) is 31.1 Å². The summed E-state index contributed by atoms with van der Waals surface area (Å²) in [6, 6.07) is 12.4. The molecule has 1 saturated heterocycles. The van der Waals surface area contributed by atoms with E-state index in [-0.39, 0.29) is 17.9 Å². The topological polar surface area (TPSA) is 120 Å². The van der Waals surface area contributed by atoms with Crippen molar-refractivity contribution in [1.82, 2.24) is 5.32 Å². The van der Waals surface area contributed by atoms with Crippen molar-refractivity contribution < 1.29 is 37.4 Å². The minimum absolute atomic E-state index is 0.0482. The SMILES string of the molecule is CN(C)c1ccc(C(=O)Nc2cscc2C(=O)Nc2ccc(Cl)cc2)c(OC2CCNCC2)c1.O=C(O)C(F)(F)F. The molecule has 14 heteroatoms. The summed E-state index contributed by atoms with van der Waals surface area (Å²) < 4.78 is 38.0. The maximum absolute atomic E-state index is 13.3. The van der Waals surface area contributed by atoms with Gasteiger partial charge < -0.3 is 30.7 Å². The molecule has 0 radical (unpaired) electrons. The molecule has 1 aliphatic rings. The molecule has 41 heavy (non-hydrogen) atoms. The van der Waals surface area contributed by atoms with Gasteiger partial charge in [0, 0.05) is 47.3 Å². The van der Waals surface area contributed by atoms with Crippen LogP contribution in [0.1, 0.15) is 33.6 Å². The number of nitrogens with one attached hydrogen (secondary N) is 3. The van der Waals surface area contributed by atoms with E-state index in [9.17, 15) is 22.8 Å². The van der Waals surface area contributed by atoms with Crippen LogP contribution in [-0.4, -0.2) is 62.4 Å². The van der Waals surface area contributed by atoms with Crippen molar-refractivity contribution >= 4 is 57.8 Å². The number of amides is 2. The van der Waals surface area contributed by atoms with Crippen molar-refractivity contribution in [2.45, 2.75) is 25.1 Å². The average Bonchev–Trinajstić information content (AvgIpc) is 3.38. The van der Waals surface area contributed by atoms with Crippen LogP contribution in [0.3, 0.4) is 0 Å². The Morgan fingerprint density at radius 1 is 1.00 bits per heavy atom. The molecule has 0 unspecified atom stereocenters. The predicted octanol–water partition coefficient (Wildman–Crippen LogP) is 5.74. The number of alkyl halides is 3. The van der Waals surface area contributed by atoms with Crippen molar-refractivity contribution in [3.05, 3.63) is 69.4 Å². The Kier molecular flexibility index (Phi) is 11.0. The fourth-order valence-corrected chi connectivity index (χ4v) is 4.54. The number of hydrogen-bond donors (Lipinski definition) is 4. The van der Waals surface area contributed by atoms with Crippen molar-refractivity contribution in [3.8, 4) is 5.75 Å². The molecule has 0 atom stereocenters. The number of carbonyl (C=O) groups is 3. The first-order valence-corrected chi connectivity index (χ1v) is 13.6. The van der Waals surface area contributed by atoms with Gasteiger partial charge in [-0.05, 0) is 62.3 Å². The molecule has 2 heterocycles. The molecule has 2 aromatic carbocycles. The lowest BCUT2D eigenvalue weighted by atomic mass is 10.1. The summed E-state index contributed by atoms with van der Waals surface area (Å²) in [5.74, 6) is -2.85. The monoisotopic (exact) mass is 612 g/mol. The third-order valence-corrected chi connectivity index (χ3v) is 6.80. The van der Waals surface area contributed by atoms with Crippen molar-refractivity contribution in [2.75, 3.05) is 42.7 Å². The standard InChI is InChI=1S/C25H27ClN4O3S.C2HF3O2/c1-30(2)18-7-8-20(23(13-18)33-19-9-11-27-12-10-19)24(31)29-22-15-34-14-21(22)25(32)28-17-5-3-16(26)4-6-17;3-2(4,5)1(6)7/h3-8,13-15,19,27H,9-12H2,1-2H3,(H,28,32)(H,29,31);(H,6,7). The van der Waals surface area contributed by atoms with Gasteiger partial charge in [-0.1, -0.05) is 11.6 Å². The summed E-state index contributed by atoms with van der Waals surface area (Å²) >= 11 is 7.26. The number of halogens is 4. The van der Waals surface area contributed by atoms with Gasteiger partial charge in [0.2, 0.25) is 0 Å². The van der Waals surface area contributed by atoms with Gasteiger partial charge >= 0.3 is 12.1 Å². The Hall–Kier alpha value is -3.81. The summed E-state index contributed by atoms with van der Waals surface area (Å²) in [7, 11) is 3.89. The lowest BCUT2D eigenvalue weighted by Gasteiger charge is -2.26. The number of carboxylic acids is 1. The molecule has 2 amide bonds. The molecule has 1 aliphatic heterocycles. The number of benzene rings is 2. The maximum atomic E-state index is 13.3. The molecule has 1 aromatic heterocycles. The van der Waals surface area contributed by atoms with Crippen molar-refractivity contribution in [1.29, 1.82) is 0 Å². The van der Waals surface area contributed by atoms with Crippen molar-refractivity contribution in [2.24, 2.45) is 0 Å². The van der Waals surface area contributed by atoms with Gasteiger partial charge in [-0.25, -0.2) is 4.79 Å². The second-order valence-electron chi connectivity index (χ2n) is 9.06. The van der Waals surface area contributed by atoms with Crippen LogP contribution in [0, 0.1) is 0 Å². The van der Waals surface area contributed by atoms with Gasteiger partial charge in [-0.2, -0.15) is 13.2 Å². The number of ether oxygens (including phenoxy) is 1. The number of anilines is 3. The minimum Gasteiger partial charge on any atom is -0.489 e. The van der Waals surface area contributed by atoms with Crippen LogP contribution in [0.2, 0.25) is 5.02 Å². The quantitative estimate of drug-likeness (QED) is 0.269. The second kappa shape index (κ2) is 14.2. The number of thiophene rings is 1. The highest BCUT2D eigenvalue weighted by Gasteiger charge is 2.38. The lowest BCUT2D eigenvalue weighted by Crippen LogP contribution is -2.34. The van der Waals surface area contributed by atoms with E-state index in [2.05, 4.69) is 16.0 Å². The molecule has 0 bridgehead atoms. The number of carboxylic acid groups (broad SMARTS) is 1. The third kappa shape index (κ3) is 9.37. The summed E-state index contributed by atoms with van der Waals surface area (Å²) in [6.45, 7) is 1.78. The Bertz CT molecular complexity index is 1360. The van der Waals surface area contributed by atoms with Gasteiger partial charge in [-0.3, -0.25) is 9.59 Å². The van der Waals surface area contributed by atoms with Crippen molar-refractivity contribution in [3.63, 3.8) is 0 Å². The summed E-state index contributed by atoms with van der Waals surface area (Å²) in [6.07, 6.45) is -3.27. The highest BCUT2D eigenvalue weighted by Crippen LogP contribution is 2.30. The third-order valence-electron chi connectivity index (χ3n) is 5.81. The number of hydrogen-bond acceptors (Lipinski definition) is 7. The van der Waals surface area contributed by atoms with E-state index in [4.69, 9.17) is 26.2 Å². The first-order chi connectivity index (χ1) is 19.3. The van der Waals surface area contributed by atoms with E-state index < -0.39 is 12.1 Å². The first kappa shape index (κ1) is 31.7. The van der Waals surface area contributed by atoms with Gasteiger partial charge in [0.1, 0.15) is 11.9 Å². The zero-order valence-electron chi connectivity index (χ0n) is 22.0. The van der Waals surface area contributed by atoms with Gasteiger partial charge in [0.15, 0.2) is 0 Å². The smallest absolute Gasteiger partial charge is 0.489 e. The summed E-state index contributed by atoms with van der Waals surface area (Å²) in [5, 5.41) is 20.2. The van der Waals surface area contributed by atoms with E-state index in [0.29, 0.717) is 33.3 Å². The number of carbonyl (C=O) groups excluding carboxylic acids is 2. The molecule has 3 aromatic rings. The fourth-order valence-electron chi connectivity index (χ4n) is 3.66. The molecular formula is C27H28ClF3N4O5S.